The van der Waals surface area contributed by atoms with E-state index >= 15 is 0 Å². The topological polar surface area (TPSA) is 53.7 Å². The zero-order valence-corrected chi connectivity index (χ0v) is 14.0. The van der Waals surface area contributed by atoms with E-state index in [1.54, 1.807) is 6.07 Å². The lowest BCUT2D eigenvalue weighted by Crippen LogP contribution is -2.45. The predicted octanol–water partition coefficient (Wildman–Crippen LogP) is 3.43. The van der Waals surface area contributed by atoms with Gasteiger partial charge in [-0.05, 0) is 30.3 Å². The largest absolute Gasteiger partial charge is 0.486 e. The van der Waals surface area contributed by atoms with E-state index in [9.17, 15) is 0 Å². The van der Waals surface area contributed by atoms with Crippen LogP contribution in [0.4, 0.5) is 5.69 Å². The van der Waals surface area contributed by atoms with Crippen LogP contribution in [-0.4, -0.2) is 27.6 Å². The molecule has 4 nitrogen and oxygen atoms in total. The Morgan fingerprint density at radius 1 is 1.30 bits per heavy atom. The molecule has 1 aromatic rings. The molecule has 20 heavy (non-hydrogen) atoms. The summed E-state index contributed by atoms with van der Waals surface area (Å²) in [4.78, 5) is 0. The molecule has 5 heteroatoms. The molecule has 1 aromatic carbocycles. The van der Waals surface area contributed by atoms with Gasteiger partial charge in [0.15, 0.2) is 25.9 Å². The van der Waals surface area contributed by atoms with Crippen LogP contribution >= 0.6 is 0 Å². The van der Waals surface area contributed by atoms with Crippen molar-refractivity contribution in [2.24, 2.45) is 0 Å². The van der Waals surface area contributed by atoms with Gasteiger partial charge >= 0.3 is 0 Å². The van der Waals surface area contributed by atoms with E-state index in [-0.39, 0.29) is 11.1 Å². The summed E-state index contributed by atoms with van der Waals surface area (Å²) in [7, 11) is -1.75. The van der Waals surface area contributed by atoms with Gasteiger partial charge in [-0.1, -0.05) is 20.8 Å². The second-order valence-electron chi connectivity index (χ2n) is 6.83. The Morgan fingerprint density at radius 2 is 2.00 bits per heavy atom. The second kappa shape index (κ2) is 5.29. The Bertz CT molecular complexity index is 482. The highest BCUT2D eigenvalue weighted by molar-refractivity contribution is 6.74. The van der Waals surface area contributed by atoms with Gasteiger partial charge in [0.1, 0.15) is 6.61 Å². The average Bonchev–Trinajstić information content (AvgIpc) is 2.34. The summed E-state index contributed by atoms with van der Waals surface area (Å²) in [5.41, 5.74) is 6.45. The van der Waals surface area contributed by atoms with Crippen LogP contribution in [0.25, 0.3) is 0 Å². The van der Waals surface area contributed by atoms with Gasteiger partial charge in [0.2, 0.25) is 0 Å². The zero-order chi connectivity index (χ0) is 15.0. The minimum absolute atomic E-state index is 0.0709. The number of fused-ring (bicyclic) bond motifs is 1. The van der Waals surface area contributed by atoms with Crippen LogP contribution in [0.1, 0.15) is 20.8 Å². The number of benzene rings is 1. The lowest BCUT2D eigenvalue weighted by atomic mass is 10.2. The van der Waals surface area contributed by atoms with Crippen molar-refractivity contribution >= 4 is 14.0 Å². The van der Waals surface area contributed by atoms with Crippen molar-refractivity contribution in [2.45, 2.75) is 45.0 Å². The second-order valence-corrected chi connectivity index (χ2v) is 11.6. The first kappa shape index (κ1) is 15.2. The number of nitrogens with two attached hydrogens (primary N) is 1. The molecule has 1 aliphatic heterocycles. The summed E-state index contributed by atoms with van der Waals surface area (Å²) in [6.07, 6.45) is -0.0709. The first-order valence-electron chi connectivity index (χ1n) is 7.02. The standard InChI is InChI=1S/C15H25NO3Si/c1-15(2,3)20(4,5)18-10-12-9-17-13-7-6-11(16)8-14(13)19-12/h6-8,12H,9-10,16H2,1-5H3. The third-order valence-corrected chi connectivity index (χ3v) is 8.62. The molecule has 0 bridgehead atoms. The van der Waals surface area contributed by atoms with E-state index in [1.165, 1.54) is 0 Å². The maximum Gasteiger partial charge on any atom is 0.192 e. The number of nitrogen functional groups attached to an aromatic ring is 1. The van der Waals surface area contributed by atoms with Crippen LogP contribution in [0, 0.1) is 0 Å². The fourth-order valence-electron chi connectivity index (χ4n) is 1.73. The van der Waals surface area contributed by atoms with Crippen LogP contribution in [0.5, 0.6) is 11.5 Å². The van der Waals surface area contributed by atoms with Gasteiger partial charge in [0.05, 0.1) is 6.61 Å². The SMILES string of the molecule is CC(C)(C)[Si](C)(C)OCC1COc2ccc(N)cc2O1. The first-order chi connectivity index (χ1) is 9.19. The molecule has 2 rings (SSSR count). The average molecular weight is 295 g/mol. The van der Waals surface area contributed by atoms with Crippen LogP contribution in [0.2, 0.25) is 18.1 Å². The molecule has 1 heterocycles. The summed E-state index contributed by atoms with van der Waals surface area (Å²) in [5.74, 6) is 1.46. The molecular formula is C15H25NO3Si. The van der Waals surface area contributed by atoms with Crippen molar-refractivity contribution < 1.29 is 13.9 Å². The van der Waals surface area contributed by atoms with Crippen molar-refractivity contribution in [3.8, 4) is 11.5 Å². The van der Waals surface area contributed by atoms with E-state index in [4.69, 9.17) is 19.6 Å². The highest BCUT2D eigenvalue weighted by Crippen LogP contribution is 2.37. The van der Waals surface area contributed by atoms with E-state index in [1.807, 2.05) is 12.1 Å². The molecule has 2 N–H and O–H groups in total. The van der Waals surface area contributed by atoms with Gasteiger partial charge in [-0.25, -0.2) is 0 Å². The third kappa shape index (κ3) is 3.27. The molecule has 0 spiro atoms. The van der Waals surface area contributed by atoms with Gasteiger partial charge in [-0.3, -0.25) is 0 Å². The van der Waals surface area contributed by atoms with E-state index in [0.29, 0.717) is 24.7 Å². The Kier molecular flexibility index (Phi) is 4.02. The smallest absolute Gasteiger partial charge is 0.192 e. The monoisotopic (exact) mass is 295 g/mol. The Balaban J connectivity index is 1.97. The number of rotatable bonds is 3. The van der Waals surface area contributed by atoms with Gasteiger partial charge in [-0.15, -0.1) is 0 Å². The molecule has 1 atom stereocenters. The lowest BCUT2D eigenvalue weighted by molar-refractivity contribution is 0.0493. The third-order valence-electron chi connectivity index (χ3n) is 4.12. The van der Waals surface area contributed by atoms with Crippen molar-refractivity contribution in [2.75, 3.05) is 18.9 Å². The number of anilines is 1. The molecule has 0 aromatic heterocycles. The Hall–Kier alpha value is -1.20. The summed E-state index contributed by atoms with van der Waals surface area (Å²) in [5, 5.41) is 0.199. The minimum Gasteiger partial charge on any atom is -0.486 e. The molecule has 0 amide bonds. The number of ether oxygens (including phenoxy) is 2. The molecule has 0 saturated carbocycles. The molecule has 1 unspecified atom stereocenters. The lowest BCUT2D eigenvalue weighted by Gasteiger charge is -2.37. The number of hydrogen-bond acceptors (Lipinski definition) is 4. The maximum atomic E-state index is 6.18. The summed E-state index contributed by atoms with van der Waals surface area (Å²) >= 11 is 0. The fraction of sp³-hybridized carbons (Fsp3) is 0.600. The normalized spacial score (nSPS) is 18.9. The zero-order valence-electron chi connectivity index (χ0n) is 13.0. The predicted molar refractivity (Wildman–Crippen MR) is 83.9 cm³/mol. The summed E-state index contributed by atoms with van der Waals surface area (Å²) in [6.45, 7) is 12.2. The van der Waals surface area contributed by atoms with Crippen molar-refractivity contribution in [3.05, 3.63) is 18.2 Å². The molecule has 1 aliphatic rings. The summed E-state index contributed by atoms with van der Waals surface area (Å²) in [6, 6.07) is 5.46. The summed E-state index contributed by atoms with van der Waals surface area (Å²) < 4.78 is 17.8. The van der Waals surface area contributed by atoms with Gasteiger partial charge in [0.25, 0.3) is 0 Å². The van der Waals surface area contributed by atoms with Gasteiger partial charge in [0, 0.05) is 11.8 Å². The van der Waals surface area contributed by atoms with E-state index in [0.717, 1.165) is 5.75 Å². The molecular weight excluding hydrogens is 270 g/mol. The molecule has 0 saturated heterocycles. The minimum atomic E-state index is -1.75. The van der Waals surface area contributed by atoms with Crippen molar-refractivity contribution in [1.82, 2.24) is 0 Å². The van der Waals surface area contributed by atoms with Gasteiger partial charge in [-0.2, -0.15) is 0 Å². The highest BCUT2D eigenvalue weighted by atomic mass is 28.4. The Labute approximate surface area is 122 Å². The molecule has 0 radical (unpaired) electrons. The highest BCUT2D eigenvalue weighted by Gasteiger charge is 2.38. The van der Waals surface area contributed by atoms with Crippen LogP contribution in [0.15, 0.2) is 18.2 Å². The molecule has 0 fully saturated rings. The van der Waals surface area contributed by atoms with Crippen LogP contribution in [-0.2, 0) is 4.43 Å². The van der Waals surface area contributed by atoms with Gasteiger partial charge < -0.3 is 19.6 Å². The van der Waals surface area contributed by atoms with E-state index < -0.39 is 8.32 Å². The fourth-order valence-corrected chi connectivity index (χ4v) is 2.77. The quantitative estimate of drug-likeness (QED) is 0.685. The van der Waals surface area contributed by atoms with Crippen molar-refractivity contribution in [1.29, 1.82) is 0 Å². The molecule has 112 valence electrons. The number of hydrogen-bond donors (Lipinski definition) is 1. The molecule has 0 aliphatic carbocycles. The maximum absolute atomic E-state index is 6.18. The van der Waals surface area contributed by atoms with Crippen LogP contribution in [0.3, 0.4) is 0 Å². The first-order valence-corrected chi connectivity index (χ1v) is 9.93. The van der Waals surface area contributed by atoms with Crippen molar-refractivity contribution in [3.63, 3.8) is 0 Å². The van der Waals surface area contributed by atoms with Crippen LogP contribution < -0.4 is 15.2 Å². The Morgan fingerprint density at radius 3 is 2.65 bits per heavy atom. The van der Waals surface area contributed by atoms with E-state index in [2.05, 4.69) is 33.9 Å².